The molecule has 0 spiro atoms. The third-order valence-corrected chi connectivity index (χ3v) is 4.46. The van der Waals surface area contributed by atoms with Crippen molar-refractivity contribution in [2.45, 2.75) is 35.6 Å². The zero-order valence-electron chi connectivity index (χ0n) is 11.4. The maximum absolute atomic E-state index is 10.7. The van der Waals surface area contributed by atoms with Crippen LogP contribution < -0.4 is 5.73 Å². The minimum absolute atomic E-state index is 0.0805. The van der Waals surface area contributed by atoms with Crippen molar-refractivity contribution in [3.63, 3.8) is 0 Å². The molecule has 2 N–H and O–H groups in total. The molecule has 7 heteroatoms. The molecule has 3 rings (SSSR count). The summed E-state index contributed by atoms with van der Waals surface area (Å²) in [5.74, 6) is 1.75. The third-order valence-electron chi connectivity index (χ3n) is 3.36. The highest BCUT2D eigenvalue weighted by molar-refractivity contribution is 7.99. The van der Waals surface area contributed by atoms with Crippen LogP contribution in [0.25, 0.3) is 0 Å². The topological polar surface area (TPSA) is 94.9 Å². The molecule has 0 saturated heterocycles. The Kier molecular flexibility index (Phi) is 3.50. The molecule has 2 aromatic rings. The van der Waals surface area contributed by atoms with E-state index in [0.717, 1.165) is 34.2 Å². The third kappa shape index (κ3) is 2.97. The first-order valence-electron chi connectivity index (χ1n) is 6.61. The van der Waals surface area contributed by atoms with Gasteiger partial charge in [0.25, 0.3) is 5.69 Å². The zero-order valence-corrected chi connectivity index (χ0v) is 12.3. The number of hydrogen-bond donors (Lipinski definition) is 1. The number of non-ortho nitro benzene ring substituents is 1. The van der Waals surface area contributed by atoms with Gasteiger partial charge < -0.3 is 5.73 Å². The Labute approximate surface area is 125 Å². The van der Waals surface area contributed by atoms with Crippen molar-refractivity contribution in [3.8, 4) is 0 Å². The second-order valence-electron chi connectivity index (χ2n) is 5.02. The van der Waals surface area contributed by atoms with E-state index in [4.69, 9.17) is 5.73 Å². The van der Waals surface area contributed by atoms with E-state index >= 15 is 0 Å². The van der Waals surface area contributed by atoms with Gasteiger partial charge in [-0.05, 0) is 31.9 Å². The van der Waals surface area contributed by atoms with Crippen molar-refractivity contribution in [2.75, 3.05) is 5.73 Å². The maximum Gasteiger partial charge on any atom is 0.269 e. The predicted octanol–water partition coefficient (Wildman–Crippen LogP) is 3.30. The van der Waals surface area contributed by atoms with Gasteiger partial charge >= 0.3 is 0 Å². The number of nitro groups is 1. The fourth-order valence-electron chi connectivity index (χ4n) is 1.90. The summed E-state index contributed by atoms with van der Waals surface area (Å²) in [6.07, 6.45) is 2.23. The number of benzene rings is 1. The van der Waals surface area contributed by atoms with E-state index in [0.29, 0.717) is 11.7 Å². The highest BCUT2D eigenvalue weighted by Gasteiger charge is 2.28. The van der Waals surface area contributed by atoms with Gasteiger partial charge in [0.15, 0.2) is 0 Å². The summed E-state index contributed by atoms with van der Waals surface area (Å²) >= 11 is 1.45. The molecule has 0 amide bonds. The lowest BCUT2D eigenvalue weighted by molar-refractivity contribution is -0.384. The molecular formula is C14H14N4O2S. The number of nitrogen functional groups attached to an aromatic ring is 1. The van der Waals surface area contributed by atoms with Gasteiger partial charge in [-0.15, -0.1) is 0 Å². The molecule has 0 radical (unpaired) electrons. The Morgan fingerprint density at radius 3 is 2.52 bits per heavy atom. The van der Waals surface area contributed by atoms with Crippen LogP contribution in [0.2, 0.25) is 0 Å². The van der Waals surface area contributed by atoms with Crippen LogP contribution in [0.4, 0.5) is 11.5 Å². The van der Waals surface area contributed by atoms with Gasteiger partial charge in [0.2, 0.25) is 0 Å². The van der Waals surface area contributed by atoms with E-state index < -0.39 is 4.92 Å². The standard InChI is InChI=1S/C14H14N4O2S/c1-8-12(15)16-13(9-2-3-9)17-14(8)21-11-6-4-10(5-7-11)18(19)20/h4-7,9H,2-3H2,1H3,(H2,15,16,17). The van der Waals surface area contributed by atoms with E-state index in [-0.39, 0.29) is 5.69 Å². The molecule has 1 aromatic carbocycles. The van der Waals surface area contributed by atoms with Crippen molar-refractivity contribution in [2.24, 2.45) is 0 Å². The van der Waals surface area contributed by atoms with Crippen LogP contribution in [0.5, 0.6) is 0 Å². The first kappa shape index (κ1) is 13.8. The van der Waals surface area contributed by atoms with E-state index in [1.54, 1.807) is 12.1 Å². The van der Waals surface area contributed by atoms with Gasteiger partial charge in [0.1, 0.15) is 16.7 Å². The number of hydrogen-bond acceptors (Lipinski definition) is 6. The van der Waals surface area contributed by atoms with Crippen molar-refractivity contribution >= 4 is 23.3 Å². The highest BCUT2D eigenvalue weighted by Crippen LogP contribution is 2.40. The monoisotopic (exact) mass is 302 g/mol. The van der Waals surface area contributed by atoms with Crippen molar-refractivity contribution < 1.29 is 4.92 Å². The molecule has 1 heterocycles. The number of rotatable bonds is 4. The highest BCUT2D eigenvalue weighted by atomic mass is 32.2. The number of aromatic nitrogens is 2. The van der Waals surface area contributed by atoms with Crippen LogP contribution in [0.3, 0.4) is 0 Å². The molecule has 1 aromatic heterocycles. The van der Waals surface area contributed by atoms with Gasteiger partial charge in [-0.2, -0.15) is 0 Å². The number of anilines is 1. The molecule has 21 heavy (non-hydrogen) atoms. The molecule has 0 bridgehead atoms. The maximum atomic E-state index is 10.7. The molecule has 1 fully saturated rings. The first-order valence-corrected chi connectivity index (χ1v) is 7.42. The van der Waals surface area contributed by atoms with E-state index in [1.807, 2.05) is 6.92 Å². The van der Waals surface area contributed by atoms with Crippen LogP contribution in [0.1, 0.15) is 30.1 Å². The number of nitrogens with zero attached hydrogens (tertiary/aromatic N) is 3. The lowest BCUT2D eigenvalue weighted by atomic mass is 10.3. The smallest absolute Gasteiger partial charge is 0.269 e. The summed E-state index contributed by atoms with van der Waals surface area (Å²) < 4.78 is 0. The largest absolute Gasteiger partial charge is 0.383 e. The summed E-state index contributed by atoms with van der Waals surface area (Å²) in [5, 5.41) is 11.5. The summed E-state index contributed by atoms with van der Waals surface area (Å²) in [7, 11) is 0. The number of nitrogens with two attached hydrogens (primary N) is 1. The van der Waals surface area contributed by atoms with Gasteiger partial charge in [0.05, 0.1) is 4.92 Å². The molecule has 0 atom stereocenters. The van der Waals surface area contributed by atoms with Crippen LogP contribution in [-0.4, -0.2) is 14.9 Å². The Morgan fingerprint density at radius 2 is 1.95 bits per heavy atom. The fourth-order valence-corrected chi connectivity index (χ4v) is 2.79. The summed E-state index contributed by atoms with van der Waals surface area (Å²) in [6, 6.07) is 6.42. The van der Waals surface area contributed by atoms with E-state index in [1.165, 1.54) is 23.9 Å². The Bertz CT molecular complexity index is 699. The quantitative estimate of drug-likeness (QED) is 0.529. The minimum Gasteiger partial charge on any atom is -0.383 e. The Balaban J connectivity index is 1.88. The van der Waals surface area contributed by atoms with E-state index in [9.17, 15) is 10.1 Å². The molecule has 0 aliphatic heterocycles. The molecular weight excluding hydrogens is 288 g/mol. The van der Waals surface area contributed by atoms with Crippen LogP contribution in [-0.2, 0) is 0 Å². The normalized spacial score (nSPS) is 14.1. The molecule has 1 saturated carbocycles. The minimum atomic E-state index is -0.409. The summed E-state index contributed by atoms with van der Waals surface area (Å²) in [5.41, 5.74) is 6.88. The van der Waals surface area contributed by atoms with Crippen LogP contribution in [0, 0.1) is 17.0 Å². The van der Waals surface area contributed by atoms with Gasteiger partial charge in [0, 0.05) is 28.5 Å². The Morgan fingerprint density at radius 1 is 1.29 bits per heavy atom. The first-order chi connectivity index (χ1) is 10.0. The van der Waals surface area contributed by atoms with E-state index in [2.05, 4.69) is 9.97 Å². The molecule has 0 unspecified atom stereocenters. The summed E-state index contributed by atoms with van der Waals surface area (Å²) in [6.45, 7) is 1.89. The molecule has 6 nitrogen and oxygen atoms in total. The van der Waals surface area contributed by atoms with Gasteiger partial charge in [-0.1, -0.05) is 11.8 Å². The van der Waals surface area contributed by atoms with Crippen molar-refractivity contribution in [1.82, 2.24) is 9.97 Å². The van der Waals surface area contributed by atoms with Gasteiger partial charge in [-0.3, -0.25) is 10.1 Å². The average Bonchev–Trinajstić information content (AvgIpc) is 3.29. The second-order valence-corrected chi connectivity index (χ2v) is 6.09. The lowest BCUT2D eigenvalue weighted by Gasteiger charge is -2.09. The summed E-state index contributed by atoms with van der Waals surface area (Å²) in [4.78, 5) is 20.1. The predicted molar refractivity (Wildman–Crippen MR) is 80.4 cm³/mol. The SMILES string of the molecule is Cc1c(N)nc(C2CC2)nc1Sc1ccc([N+](=O)[O-])cc1. The van der Waals surface area contributed by atoms with Gasteiger partial charge in [-0.25, -0.2) is 9.97 Å². The average molecular weight is 302 g/mol. The van der Waals surface area contributed by atoms with Crippen LogP contribution >= 0.6 is 11.8 Å². The van der Waals surface area contributed by atoms with Crippen molar-refractivity contribution in [1.29, 1.82) is 0 Å². The second kappa shape index (κ2) is 5.33. The number of nitro benzene ring substituents is 1. The fraction of sp³-hybridized carbons (Fsp3) is 0.286. The molecule has 1 aliphatic rings. The molecule has 108 valence electrons. The Hall–Kier alpha value is -2.15. The lowest BCUT2D eigenvalue weighted by Crippen LogP contribution is -2.03. The van der Waals surface area contributed by atoms with Crippen molar-refractivity contribution in [3.05, 3.63) is 45.8 Å². The zero-order chi connectivity index (χ0) is 15.0. The molecule has 1 aliphatic carbocycles. The van der Waals surface area contributed by atoms with Crippen LogP contribution in [0.15, 0.2) is 34.2 Å².